The Morgan fingerprint density at radius 1 is 1.14 bits per heavy atom. The third-order valence-corrected chi connectivity index (χ3v) is 5.15. The highest BCUT2D eigenvalue weighted by Gasteiger charge is 2.27. The van der Waals surface area contributed by atoms with Crippen LogP contribution in [0, 0.1) is 0 Å². The van der Waals surface area contributed by atoms with Crippen molar-refractivity contribution in [3.05, 3.63) is 64.3 Å². The SMILES string of the molecule is COc1cc(OC)cc(C(=O)N2CCc3[nH]nc(-c4cccc(Cl)c4)c3C2)c1. The number of benzene rings is 2. The van der Waals surface area contributed by atoms with Crippen molar-refractivity contribution < 1.29 is 14.3 Å². The van der Waals surface area contributed by atoms with Gasteiger partial charge in [0.1, 0.15) is 11.5 Å². The lowest BCUT2D eigenvalue weighted by molar-refractivity contribution is 0.0734. The van der Waals surface area contributed by atoms with E-state index in [-0.39, 0.29) is 5.91 Å². The highest BCUT2D eigenvalue weighted by Crippen LogP contribution is 2.31. The highest BCUT2D eigenvalue weighted by molar-refractivity contribution is 6.30. The summed E-state index contributed by atoms with van der Waals surface area (Å²) in [6, 6.07) is 12.8. The van der Waals surface area contributed by atoms with Crippen LogP contribution in [0.2, 0.25) is 5.02 Å². The minimum atomic E-state index is -0.0684. The number of methoxy groups -OCH3 is 2. The summed E-state index contributed by atoms with van der Waals surface area (Å²) in [5.41, 5.74) is 4.38. The summed E-state index contributed by atoms with van der Waals surface area (Å²) in [5.74, 6) is 1.10. The number of amides is 1. The number of carbonyl (C=O) groups excluding carboxylic acids is 1. The standard InChI is InChI=1S/C21H20ClN3O3/c1-27-16-9-14(10-17(11-16)28-2)21(26)25-7-6-19-18(12-25)20(24-23-19)13-4-3-5-15(22)8-13/h3-5,8-11H,6-7,12H2,1-2H3,(H,23,24). The molecule has 0 saturated carbocycles. The molecule has 28 heavy (non-hydrogen) atoms. The lowest BCUT2D eigenvalue weighted by Gasteiger charge is -2.27. The van der Waals surface area contributed by atoms with Gasteiger partial charge < -0.3 is 14.4 Å². The number of carbonyl (C=O) groups is 1. The monoisotopic (exact) mass is 397 g/mol. The van der Waals surface area contributed by atoms with Crippen LogP contribution in [0.4, 0.5) is 0 Å². The predicted octanol–water partition coefficient (Wildman–Crippen LogP) is 3.95. The lowest BCUT2D eigenvalue weighted by atomic mass is 10.0. The van der Waals surface area contributed by atoms with Gasteiger partial charge in [0.2, 0.25) is 0 Å². The Morgan fingerprint density at radius 2 is 1.89 bits per heavy atom. The quantitative estimate of drug-likeness (QED) is 0.723. The minimum absolute atomic E-state index is 0.0684. The van der Waals surface area contributed by atoms with Crippen LogP contribution in [-0.4, -0.2) is 41.8 Å². The normalized spacial score (nSPS) is 13.2. The Kier molecular flexibility index (Phi) is 4.96. The average Bonchev–Trinajstić information content (AvgIpc) is 3.16. The van der Waals surface area contributed by atoms with E-state index >= 15 is 0 Å². The van der Waals surface area contributed by atoms with Gasteiger partial charge in [0.25, 0.3) is 5.91 Å². The summed E-state index contributed by atoms with van der Waals surface area (Å²) in [4.78, 5) is 15.0. The van der Waals surface area contributed by atoms with Gasteiger partial charge in [-0.15, -0.1) is 0 Å². The minimum Gasteiger partial charge on any atom is -0.497 e. The van der Waals surface area contributed by atoms with E-state index in [0.717, 1.165) is 28.9 Å². The van der Waals surface area contributed by atoms with Crippen molar-refractivity contribution in [1.29, 1.82) is 0 Å². The first-order valence-corrected chi connectivity index (χ1v) is 9.31. The molecule has 0 aliphatic carbocycles. The second-order valence-corrected chi connectivity index (χ2v) is 7.05. The molecule has 7 heteroatoms. The molecule has 1 aromatic heterocycles. The van der Waals surface area contributed by atoms with E-state index < -0.39 is 0 Å². The molecule has 0 fully saturated rings. The largest absolute Gasteiger partial charge is 0.497 e. The maximum absolute atomic E-state index is 13.1. The molecule has 3 aromatic rings. The van der Waals surface area contributed by atoms with Gasteiger partial charge in [0.15, 0.2) is 0 Å². The van der Waals surface area contributed by atoms with E-state index in [0.29, 0.717) is 35.2 Å². The summed E-state index contributed by atoms with van der Waals surface area (Å²) in [5, 5.41) is 8.23. The molecule has 0 radical (unpaired) electrons. The zero-order valence-corrected chi connectivity index (χ0v) is 16.4. The van der Waals surface area contributed by atoms with Gasteiger partial charge in [-0.1, -0.05) is 23.7 Å². The molecule has 0 unspecified atom stereocenters. The van der Waals surface area contributed by atoms with Crippen molar-refractivity contribution in [2.75, 3.05) is 20.8 Å². The molecule has 0 atom stereocenters. The molecule has 1 amide bonds. The molecule has 144 valence electrons. The number of nitrogens with zero attached hydrogens (tertiary/aromatic N) is 2. The second kappa shape index (κ2) is 7.56. The molecular weight excluding hydrogens is 378 g/mol. The zero-order valence-electron chi connectivity index (χ0n) is 15.7. The summed E-state index contributed by atoms with van der Waals surface area (Å²) in [6.45, 7) is 1.09. The lowest BCUT2D eigenvalue weighted by Crippen LogP contribution is -2.36. The first kappa shape index (κ1) is 18.4. The molecule has 2 heterocycles. The molecule has 1 aliphatic heterocycles. The number of aromatic amines is 1. The molecule has 0 spiro atoms. The van der Waals surface area contributed by atoms with Crippen LogP contribution in [0.25, 0.3) is 11.3 Å². The molecule has 0 bridgehead atoms. The number of rotatable bonds is 4. The summed E-state index contributed by atoms with van der Waals surface area (Å²) in [6.07, 6.45) is 0.718. The second-order valence-electron chi connectivity index (χ2n) is 6.62. The van der Waals surface area contributed by atoms with Crippen LogP contribution in [0.3, 0.4) is 0 Å². The van der Waals surface area contributed by atoms with Crippen molar-refractivity contribution in [3.8, 4) is 22.8 Å². The number of aromatic nitrogens is 2. The summed E-state index contributed by atoms with van der Waals surface area (Å²) >= 11 is 6.13. The number of hydrogen-bond donors (Lipinski definition) is 1. The number of ether oxygens (including phenoxy) is 2. The van der Waals surface area contributed by atoms with Gasteiger partial charge in [-0.25, -0.2) is 0 Å². The Balaban J connectivity index is 1.64. The van der Waals surface area contributed by atoms with Gasteiger partial charge in [0.05, 0.1) is 19.9 Å². The number of halogens is 1. The molecule has 6 nitrogen and oxygen atoms in total. The van der Waals surface area contributed by atoms with Crippen molar-refractivity contribution >= 4 is 17.5 Å². The average molecular weight is 398 g/mol. The smallest absolute Gasteiger partial charge is 0.254 e. The van der Waals surface area contributed by atoms with Crippen LogP contribution in [0.5, 0.6) is 11.5 Å². The van der Waals surface area contributed by atoms with E-state index in [9.17, 15) is 4.79 Å². The van der Waals surface area contributed by atoms with Crippen LogP contribution in [0.15, 0.2) is 42.5 Å². The van der Waals surface area contributed by atoms with Crippen molar-refractivity contribution in [2.24, 2.45) is 0 Å². The third-order valence-electron chi connectivity index (χ3n) is 4.92. The van der Waals surface area contributed by atoms with E-state index in [1.54, 1.807) is 32.4 Å². The van der Waals surface area contributed by atoms with Crippen LogP contribution < -0.4 is 9.47 Å². The fourth-order valence-corrected chi connectivity index (χ4v) is 3.65. The molecule has 4 rings (SSSR count). The fraction of sp³-hybridized carbons (Fsp3) is 0.238. The fourth-order valence-electron chi connectivity index (χ4n) is 3.46. The van der Waals surface area contributed by atoms with Gasteiger partial charge >= 0.3 is 0 Å². The predicted molar refractivity (Wildman–Crippen MR) is 107 cm³/mol. The summed E-state index contributed by atoms with van der Waals surface area (Å²) in [7, 11) is 3.14. The highest BCUT2D eigenvalue weighted by atomic mass is 35.5. The maximum Gasteiger partial charge on any atom is 0.254 e. The third kappa shape index (κ3) is 3.43. The Labute approximate surface area is 168 Å². The zero-order chi connectivity index (χ0) is 19.7. The Morgan fingerprint density at radius 3 is 2.57 bits per heavy atom. The van der Waals surface area contributed by atoms with Crippen molar-refractivity contribution in [1.82, 2.24) is 15.1 Å². The molecular formula is C21H20ClN3O3. The van der Waals surface area contributed by atoms with E-state index in [2.05, 4.69) is 10.2 Å². The van der Waals surface area contributed by atoms with E-state index in [1.165, 1.54) is 0 Å². The van der Waals surface area contributed by atoms with Gasteiger partial charge in [-0.3, -0.25) is 9.89 Å². The number of H-pyrrole nitrogens is 1. The van der Waals surface area contributed by atoms with E-state index in [1.807, 2.05) is 29.2 Å². The first-order valence-electron chi connectivity index (χ1n) is 8.93. The van der Waals surface area contributed by atoms with Gasteiger partial charge in [-0.05, 0) is 24.3 Å². The molecule has 2 aromatic carbocycles. The van der Waals surface area contributed by atoms with Crippen molar-refractivity contribution in [3.63, 3.8) is 0 Å². The number of nitrogens with one attached hydrogen (secondary N) is 1. The number of fused-ring (bicyclic) bond motifs is 1. The van der Waals surface area contributed by atoms with Crippen molar-refractivity contribution in [2.45, 2.75) is 13.0 Å². The van der Waals surface area contributed by atoms with Crippen LogP contribution in [-0.2, 0) is 13.0 Å². The van der Waals surface area contributed by atoms with Gasteiger partial charge in [-0.2, -0.15) is 5.10 Å². The first-order chi connectivity index (χ1) is 13.6. The Bertz CT molecular complexity index is 1010. The topological polar surface area (TPSA) is 67.5 Å². The molecule has 0 saturated heterocycles. The maximum atomic E-state index is 13.1. The molecule has 1 N–H and O–H groups in total. The van der Waals surface area contributed by atoms with Crippen LogP contribution in [0.1, 0.15) is 21.6 Å². The Hall–Kier alpha value is -2.99. The van der Waals surface area contributed by atoms with E-state index in [4.69, 9.17) is 21.1 Å². The summed E-state index contributed by atoms with van der Waals surface area (Å²) < 4.78 is 10.6. The van der Waals surface area contributed by atoms with Gasteiger partial charge in [0, 0.05) is 53.0 Å². The van der Waals surface area contributed by atoms with Crippen LogP contribution >= 0.6 is 11.6 Å². The molecule has 1 aliphatic rings. The number of hydrogen-bond acceptors (Lipinski definition) is 4.